The zero-order valence-corrected chi connectivity index (χ0v) is 13.2. The van der Waals surface area contributed by atoms with E-state index in [4.69, 9.17) is 0 Å². The number of carboxylic acid groups (broad SMARTS) is 1. The van der Waals surface area contributed by atoms with Crippen LogP contribution in [0.3, 0.4) is 0 Å². The second-order valence-electron chi connectivity index (χ2n) is 4.43. The van der Waals surface area contributed by atoms with Crippen LogP contribution < -0.4 is 5.32 Å². The molecule has 6 heteroatoms. The first-order valence-electron chi connectivity index (χ1n) is 6.24. The Labute approximate surface area is 133 Å². The number of benzene rings is 1. The van der Waals surface area contributed by atoms with Crippen LogP contribution in [0.1, 0.15) is 15.2 Å². The molecule has 1 aromatic carbocycles. The van der Waals surface area contributed by atoms with E-state index in [1.807, 2.05) is 35.7 Å². The van der Waals surface area contributed by atoms with Crippen molar-refractivity contribution in [3.63, 3.8) is 0 Å². The van der Waals surface area contributed by atoms with Crippen LogP contribution in [0.5, 0.6) is 0 Å². The third-order valence-electron chi connectivity index (χ3n) is 3.06. The predicted molar refractivity (Wildman–Crippen MR) is 88.0 cm³/mol. The van der Waals surface area contributed by atoms with E-state index in [0.717, 1.165) is 20.3 Å². The molecule has 0 saturated carbocycles. The average molecular weight is 363 g/mol. The summed E-state index contributed by atoms with van der Waals surface area (Å²) in [7, 11) is 0. The van der Waals surface area contributed by atoms with Crippen molar-refractivity contribution in [1.82, 2.24) is 4.98 Å². The maximum absolute atomic E-state index is 11.4. The summed E-state index contributed by atoms with van der Waals surface area (Å²) in [6.07, 6.45) is 0. The Kier molecular flexibility index (Phi) is 3.90. The van der Waals surface area contributed by atoms with Gasteiger partial charge < -0.3 is 10.4 Å². The monoisotopic (exact) mass is 362 g/mol. The smallest absolute Gasteiger partial charge is 0.339 e. The summed E-state index contributed by atoms with van der Waals surface area (Å²) in [5.74, 6) is -0.595. The van der Waals surface area contributed by atoms with E-state index < -0.39 is 5.97 Å². The van der Waals surface area contributed by atoms with Gasteiger partial charge in [-0.25, -0.2) is 9.78 Å². The van der Waals surface area contributed by atoms with E-state index in [1.54, 1.807) is 17.4 Å². The maximum Gasteiger partial charge on any atom is 0.339 e. The van der Waals surface area contributed by atoms with Crippen LogP contribution in [0.25, 0.3) is 10.9 Å². The Hall–Kier alpha value is -1.92. The van der Waals surface area contributed by atoms with E-state index in [2.05, 4.69) is 26.2 Å². The lowest BCUT2D eigenvalue weighted by Gasteiger charge is -2.09. The molecule has 0 aliphatic rings. The molecule has 0 saturated heterocycles. The molecule has 0 unspecified atom stereocenters. The van der Waals surface area contributed by atoms with E-state index in [-0.39, 0.29) is 5.56 Å². The normalized spacial score (nSPS) is 10.7. The molecule has 0 bridgehead atoms. The molecular formula is C15H11BrN2O2S. The summed E-state index contributed by atoms with van der Waals surface area (Å²) < 4.78 is 1.01. The van der Waals surface area contributed by atoms with Gasteiger partial charge in [0.25, 0.3) is 0 Å². The minimum atomic E-state index is -0.985. The number of pyridine rings is 1. The molecule has 4 nitrogen and oxygen atoms in total. The maximum atomic E-state index is 11.4. The molecule has 0 spiro atoms. The van der Waals surface area contributed by atoms with Crippen molar-refractivity contribution in [2.24, 2.45) is 0 Å². The molecule has 0 aliphatic heterocycles. The van der Waals surface area contributed by atoms with Crippen LogP contribution in [0.4, 0.5) is 5.82 Å². The van der Waals surface area contributed by atoms with Crippen LogP contribution >= 0.6 is 27.3 Å². The first-order valence-corrected chi connectivity index (χ1v) is 7.91. The SMILES string of the molecule is O=C(O)c1cc2ccccc2nc1NCc1sccc1Br. The summed E-state index contributed by atoms with van der Waals surface area (Å²) in [5.41, 5.74) is 0.955. The molecule has 2 N–H and O–H groups in total. The number of thiophene rings is 1. The number of carbonyl (C=O) groups is 1. The highest BCUT2D eigenvalue weighted by molar-refractivity contribution is 9.10. The van der Waals surface area contributed by atoms with Gasteiger partial charge in [0.15, 0.2) is 0 Å². The van der Waals surface area contributed by atoms with Crippen molar-refractivity contribution in [3.05, 3.63) is 56.7 Å². The summed E-state index contributed by atoms with van der Waals surface area (Å²) in [6.45, 7) is 0.532. The molecule has 0 aliphatic carbocycles. The Morgan fingerprint density at radius 1 is 1.33 bits per heavy atom. The number of hydrogen-bond acceptors (Lipinski definition) is 4. The second kappa shape index (κ2) is 5.83. The van der Waals surface area contributed by atoms with Gasteiger partial charge in [-0.2, -0.15) is 0 Å². The number of hydrogen-bond donors (Lipinski definition) is 2. The molecule has 21 heavy (non-hydrogen) atoms. The first-order chi connectivity index (χ1) is 10.1. The molecule has 3 rings (SSSR count). The fraction of sp³-hybridized carbons (Fsp3) is 0.0667. The van der Waals surface area contributed by atoms with Crippen molar-refractivity contribution < 1.29 is 9.90 Å². The van der Waals surface area contributed by atoms with Crippen molar-refractivity contribution in [1.29, 1.82) is 0 Å². The standard InChI is InChI=1S/C15H11BrN2O2S/c16-11-5-6-21-13(11)8-17-14-10(15(19)20)7-9-3-1-2-4-12(9)18-14/h1-7H,8H2,(H,17,18)(H,19,20). The topological polar surface area (TPSA) is 62.2 Å². The quantitative estimate of drug-likeness (QED) is 0.723. The van der Waals surface area contributed by atoms with Gasteiger partial charge in [0.05, 0.1) is 12.1 Å². The van der Waals surface area contributed by atoms with Gasteiger partial charge in [-0.05, 0) is 39.5 Å². The van der Waals surface area contributed by atoms with Gasteiger partial charge in [-0.15, -0.1) is 11.3 Å². The van der Waals surface area contributed by atoms with E-state index in [1.165, 1.54) is 0 Å². The Bertz CT molecular complexity index is 816. The van der Waals surface area contributed by atoms with E-state index in [9.17, 15) is 9.90 Å². The Morgan fingerprint density at radius 2 is 2.14 bits per heavy atom. The third kappa shape index (κ3) is 2.91. The van der Waals surface area contributed by atoms with Gasteiger partial charge in [-0.3, -0.25) is 0 Å². The highest BCUT2D eigenvalue weighted by Crippen LogP contribution is 2.25. The number of aromatic carboxylic acids is 1. The summed E-state index contributed by atoms with van der Waals surface area (Å²) in [5, 5.41) is 15.3. The third-order valence-corrected chi connectivity index (χ3v) is 4.99. The number of nitrogens with one attached hydrogen (secondary N) is 1. The number of aromatic nitrogens is 1. The molecule has 2 aromatic heterocycles. The molecule has 3 aromatic rings. The number of anilines is 1. The minimum Gasteiger partial charge on any atom is -0.478 e. The van der Waals surface area contributed by atoms with Crippen LogP contribution in [0.15, 0.2) is 46.3 Å². The fourth-order valence-corrected chi connectivity index (χ4v) is 3.46. The minimum absolute atomic E-state index is 0.182. The fourth-order valence-electron chi connectivity index (χ4n) is 2.03. The van der Waals surface area contributed by atoms with Crippen LogP contribution in [-0.4, -0.2) is 16.1 Å². The zero-order chi connectivity index (χ0) is 14.8. The van der Waals surface area contributed by atoms with Gasteiger partial charge in [0.2, 0.25) is 0 Å². The lowest BCUT2D eigenvalue weighted by molar-refractivity contribution is 0.0697. The second-order valence-corrected chi connectivity index (χ2v) is 6.28. The molecular weight excluding hydrogens is 352 g/mol. The average Bonchev–Trinajstić information content (AvgIpc) is 2.89. The number of carboxylic acids is 1. The van der Waals surface area contributed by atoms with Gasteiger partial charge in [0, 0.05) is 14.7 Å². The summed E-state index contributed by atoms with van der Waals surface area (Å²) in [4.78, 5) is 16.9. The number of nitrogens with zero attached hydrogens (tertiary/aromatic N) is 1. The van der Waals surface area contributed by atoms with Crippen molar-refractivity contribution >= 4 is 50.0 Å². The largest absolute Gasteiger partial charge is 0.478 e. The summed E-state index contributed by atoms with van der Waals surface area (Å²) >= 11 is 5.06. The highest BCUT2D eigenvalue weighted by atomic mass is 79.9. The Balaban J connectivity index is 1.97. The predicted octanol–water partition coefficient (Wildman–Crippen LogP) is 4.37. The molecule has 0 radical (unpaired) electrons. The lowest BCUT2D eigenvalue weighted by Crippen LogP contribution is -2.08. The van der Waals surface area contributed by atoms with Crippen molar-refractivity contribution in [2.75, 3.05) is 5.32 Å². The molecule has 106 valence electrons. The van der Waals surface area contributed by atoms with Gasteiger partial charge >= 0.3 is 5.97 Å². The number of para-hydroxylation sites is 1. The van der Waals surface area contributed by atoms with Crippen molar-refractivity contribution in [2.45, 2.75) is 6.54 Å². The Morgan fingerprint density at radius 3 is 2.86 bits per heavy atom. The highest BCUT2D eigenvalue weighted by Gasteiger charge is 2.13. The van der Waals surface area contributed by atoms with Crippen LogP contribution in [-0.2, 0) is 6.54 Å². The molecule has 0 amide bonds. The summed E-state index contributed by atoms with van der Waals surface area (Å²) in [6, 6.07) is 11.1. The number of rotatable bonds is 4. The van der Waals surface area contributed by atoms with Crippen LogP contribution in [0, 0.1) is 0 Å². The molecule has 2 heterocycles. The molecule has 0 fully saturated rings. The van der Waals surface area contributed by atoms with E-state index in [0.29, 0.717) is 12.4 Å². The number of fused-ring (bicyclic) bond motifs is 1. The van der Waals surface area contributed by atoms with Crippen LogP contribution in [0.2, 0.25) is 0 Å². The number of halogens is 1. The zero-order valence-electron chi connectivity index (χ0n) is 10.8. The van der Waals surface area contributed by atoms with E-state index >= 15 is 0 Å². The first kappa shape index (κ1) is 14.0. The lowest BCUT2D eigenvalue weighted by atomic mass is 10.1. The van der Waals surface area contributed by atoms with Gasteiger partial charge in [-0.1, -0.05) is 18.2 Å². The van der Waals surface area contributed by atoms with Crippen molar-refractivity contribution in [3.8, 4) is 0 Å². The molecule has 0 atom stereocenters. The van der Waals surface area contributed by atoms with Gasteiger partial charge in [0.1, 0.15) is 11.4 Å².